The predicted octanol–water partition coefficient (Wildman–Crippen LogP) is 2.97. The number of aryl methyl sites for hydroxylation is 2. The Balaban J connectivity index is 2.53. The van der Waals surface area contributed by atoms with Crippen LogP contribution in [0.4, 0.5) is 0 Å². The van der Waals surface area contributed by atoms with Gasteiger partial charge in [-0.2, -0.15) is 0 Å². The molecule has 0 spiro atoms. The van der Waals surface area contributed by atoms with Crippen molar-refractivity contribution in [1.82, 2.24) is 5.16 Å². The minimum Gasteiger partial charge on any atom is -0.476 e. The van der Waals surface area contributed by atoms with Crippen LogP contribution in [0.15, 0.2) is 22.7 Å². The van der Waals surface area contributed by atoms with E-state index in [1.807, 2.05) is 32.0 Å². The Morgan fingerprint density at radius 2 is 1.94 bits per heavy atom. The molecule has 0 saturated heterocycles. The summed E-state index contributed by atoms with van der Waals surface area (Å²) in [4.78, 5) is 10.9. The number of carboxylic acids is 1. The summed E-state index contributed by atoms with van der Waals surface area (Å²) in [6.45, 7) is 5.72. The van der Waals surface area contributed by atoms with Crippen molar-refractivity contribution in [2.45, 2.75) is 20.8 Å². The molecule has 0 aliphatic carbocycles. The maximum absolute atomic E-state index is 10.9. The molecule has 0 unspecified atom stereocenters. The number of nitrogens with zero attached hydrogens (tertiary/aromatic N) is 1. The zero-order valence-corrected chi connectivity index (χ0v) is 9.94. The van der Waals surface area contributed by atoms with E-state index < -0.39 is 5.97 Å². The van der Waals surface area contributed by atoms with Gasteiger partial charge in [-0.15, -0.1) is 0 Å². The number of rotatable bonds is 2. The van der Waals surface area contributed by atoms with Crippen molar-refractivity contribution in [2.24, 2.45) is 0 Å². The van der Waals surface area contributed by atoms with E-state index >= 15 is 0 Å². The third-order valence-corrected chi connectivity index (χ3v) is 2.90. The number of carbonyl (C=O) groups is 1. The summed E-state index contributed by atoms with van der Waals surface area (Å²) < 4.78 is 5.11. The lowest BCUT2D eigenvalue weighted by Crippen LogP contribution is -1.98. The molecule has 4 heteroatoms. The zero-order valence-electron chi connectivity index (χ0n) is 9.94. The lowest BCUT2D eigenvalue weighted by Gasteiger charge is -2.02. The maximum Gasteiger partial charge on any atom is 0.358 e. The van der Waals surface area contributed by atoms with E-state index in [1.165, 1.54) is 5.56 Å². The van der Waals surface area contributed by atoms with Crippen molar-refractivity contribution >= 4 is 5.97 Å². The molecule has 1 N–H and O–H groups in total. The van der Waals surface area contributed by atoms with Crippen LogP contribution in [0.3, 0.4) is 0 Å². The molecule has 0 aliphatic rings. The van der Waals surface area contributed by atoms with Crippen LogP contribution >= 0.6 is 0 Å². The highest BCUT2D eigenvalue weighted by Crippen LogP contribution is 2.27. The Morgan fingerprint density at radius 1 is 1.24 bits per heavy atom. The number of aromatic nitrogens is 1. The van der Waals surface area contributed by atoms with Gasteiger partial charge in [-0.1, -0.05) is 17.3 Å². The summed E-state index contributed by atoms with van der Waals surface area (Å²) in [7, 11) is 0. The first kappa shape index (κ1) is 11.4. The van der Waals surface area contributed by atoms with E-state index in [1.54, 1.807) is 6.92 Å². The van der Waals surface area contributed by atoms with Crippen molar-refractivity contribution in [2.75, 3.05) is 0 Å². The van der Waals surface area contributed by atoms with Crippen molar-refractivity contribution in [3.05, 3.63) is 40.6 Å². The number of benzene rings is 1. The molecule has 1 aromatic heterocycles. The van der Waals surface area contributed by atoms with Crippen molar-refractivity contribution in [3.63, 3.8) is 0 Å². The Kier molecular flexibility index (Phi) is 2.71. The average molecular weight is 231 g/mol. The van der Waals surface area contributed by atoms with Crippen LogP contribution in [0.25, 0.3) is 11.3 Å². The summed E-state index contributed by atoms with van der Waals surface area (Å²) in [5, 5.41) is 12.5. The van der Waals surface area contributed by atoms with Gasteiger partial charge in [0.05, 0.1) is 0 Å². The maximum atomic E-state index is 10.9. The molecule has 0 saturated carbocycles. The highest BCUT2D eigenvalue weighted by Gasteiger charge is 2.18. The van der Waals surface area contributed by atoms with Gasteiger partial charge in [-0.05, 0) is 38.0 Å². The fraction of sp³-hybridized carbons (Fsp3) is 0.231. The number of aromatic carboxylic acids is 1. The van der Waals surface area contributed by atoms with Gasteiger partial charge in [0.2, 0.25) is 0 Å². The standard InChI is InChI=1S/C13H13NO3/c1-7-4-5-10(6-8(7)2)12-9(3)11(13(15)16)14-17-12/h4-6H,1-3H3,(H,15,16). The van der Waals surface area contributed by atoms with E-state index in [4.69, 9.17) is 9.63 Å². The monoisotopic (exact) mass is 231 g/mol. The summed E-state index contributed by atoms with van der Waals surface area (Å²) in [6.07, 6.45) is 0. The number of hydrogen-bond donors (Lipinski definition) is 1. The summed E-state index contributed by atoms with van der Waals surface area (Å²) >= 11 is 0. The van der Waals surface area contributed by atoms with Gasteiger partial charge < -0.3 is 9.63 Å². The van der Waals surface area contributed by atoms with Crippen LogP contribution in [0.2, 0.25) is 0 Å². The van der Waals surface area contributed by atoms with Gasteiger partial charge >= 0.3 is 5.97 Å². The Hall–Kier alpha value is -2.10. The molecule has 4 nitrogen and oxygen atoms in total. The highest BCUT2D eigenvalue weighted by atomic mass is 16.5. The minimum absolute atomic E-state index is 0.0294. The second-order valence-corrected chi connectivity index (χ2v) is 4.09. The molecule has 0 radical (unpaired) electrons. The van der Waals surface area contributed by atoms with Crippen LogP contribution in [0.5, 0.6) is 0 Å². The van der Waals surface area contributed by atoms with Crippen molar-refractivity contribution in [1.29, 1.82) is 0 Å². The second kappa shape index (κ2) is 4.05. The zero-order chi connectivity index (χ0) is 12.6. The largest absolute Gasteiger partial charge is 0.476 e. The van der Waals surface area contributed by atoms with Gasteiger partial charge in [0.15, 0.2) is 11.5 Å². The Labute approximate surface area is 98.9 Å². The Morgan fingerprint density at radius 3 is 2.47 bits per heavy atom. The summed E-state index contributed by atoms with van der Waals surface area (Å²) in [5.41, 5.74) is 3.70. The van der Waals surface area contributed by atoms with Gasteiger partial charge in [0.1, 0.15) is 0 Å². The molecule has 1 aromatic carbocycles. The molecule has 0 bridgehead atoms. The first-order chi connectivity index (χ1) is 8.00. The van der Waals surface area contributed by atoms with Crippen LogP contribution in [-0.4, -0.2) is 16.2 Å². The first-order valence-corrected chi connectivity index (χ1v) is 5.28. The normalized spacial score (nSPS) is 10.5. The van der Waals surface area contributed by atoms with Crippen LogP contribution in [-0.2, 0) is 0 Å². The van der Waals surface area contributed by atoms with E-state index in [2.05, 4.69) is 5.16 Å². The van der Waals surface area contributed by atoms with E-state index in [0.717, 1.165) is 11.1 Å². The van der Waals surface area contributed by atoms with Crippen LogP contribution in [0.1, 0.15) is 27.2 Å². The second-order valence-electron chi connectivity index (χ2n) is 4.09. The molecule has 0 atom stereocenters. The molecular weight excluding hydrogens is 218 g/mol. The van der Waals surface area contributed by atoms with Crippen LogP contribution < -0.4 is 0 Å². The third kappa shape index (κ3) is 1.93. The van der Waals surface area contributed by atoms with Gasteiger partial charge in [0.25, 0.3) is 0 Å². The topological polar surface area (TPSA) is 63.3 Å². The fourth-order valence-corrected chi connectivity index (χ4v) is 1.69. The number of hydrogen-bond acceptors (Lipinski definition) is 3. The average Bonchev–Trinajstić information content (AvgIpc) is 2.64. The van der Waals surface area contributed by atoms with Gasteiger partial charge in [0, 0.05) is 11.1 Å². The predicted molar refractivity (Wildman–Crippen MR) is 63.1 cm³/mol. The van der Waals surface area contributed by atoms with Crippen molar-refractivity contribution in [3.8, 4) is 11.3 Å². The quantitative estimate of drug-likeness (QED) is 0.863. The number of carboxylic acid groups (broad SMARTS) is 1. The lowest BCUT2D eigenvalue weighted by atomic mass is 10.0. The molecular formula is C13H13NO3. The molecule has 2 aromatic rings. The SMILES string of the molecule is Cc1ccc(-c2onc(C(=O)O)c2C)cc1C. The summed E-state index contributed by atoms with van der Waals surface area (Å²) in [5.74, 6) is -0.549. The highest BCUT2D eigenvalue weighted by molar-refractivity contribution is 5.88. The molecule has 17 heavy (non-hydrogen) atoms. The van der Waals surface area contributed by atoms with E-state index in [0.29, 0.717) is 11.3 Å². The molecule has 0 aliphatic heterocycles. The fourth-order valence-electron chi connectivity index (χ4n) is 1.69. The molecule has 0 fully saturated rings. The smallest absolute Gasteiger partial charge is 0.358 e. The minimum atomic E-state index is -1.07. The van der Waals surface area contributed by atoms with E-state index in [-0.39, 0.29) is 5.69 Å². The molecule has 2 rings (SSSR count). The van der Waals surface area contributed by atoms with E-state index in [9.17, 15) is 4.79 Å². The molecule has 0 amide bonds. The van der Waals surface area contributed by atoms with Crippen LogP contribution in [0, 0.1) is 20.8 Å². The van der Waals surface area contributed by atoms with Gasteiger partial charge in [-0.25, -0.2) is 4.79 Å². The summed E-state index contributed by atoms with van der Waals surface area (Å²) in [6, 6.07) is 5.85. The Bertz CT molecular complexity index is 584. The lowest BCUT2D eigenvalue weighted by molar-refractivity contribution is 0.0685. The van der Waals surface area contributed by atoms with Gasteiger partial charge in [-0.3, -0.25) is 0 Å². The molecule has 88 valence electrons. The molecule has 1 heterocycles. The third-order valence-electron chi connectivity index (χ3n) is 2.90. The first-order valence-electron chi connectivity index (χ1n) is 5.28. The van der Waals surface area contributed by atoms with Crippen molar-refractivity contribution < 1.29 is 14.4 Å².